The fourth-order valence-electron chi connectivity index (χ4n) is 1.53. The first-order chi connectivity index (χ1) is 9.62. The van der Waals surface area contributed by atoms with Crippen LogP contribution < -0.4 is 5.32 Å². The second-order valence-electron chi connectivity index (χ2n) is 4.55. The minimum Gasteiger partial charge on any atom is -0.352 e. The molecule has 0 radical (unpaired) electrons. The fraction of sp³-hybridized carbons (Fsp3) is 0.462. The molecule has 0 heterocycles. The van der Waals surface area contributed by atoms with Crippen LogP contribution in [0.25, 0.3) is 0 Å². The van der Waals surface area contributed by atoms with Crippen LogP contribution in [0.4, 0.5) is 13.2 Å². The summed E-state index contributed by atoms with van der Waals surface area (Å²) >= 11 is 3.07. The third kappa shape index (κ3) is 5.43. The molecule has 3 nitrogen and oxygen atoms in total. The Hall–Kier alpha value is -0.890. The highest BCUT2D eigenvalue weighted by Gasteiger charge is 2.31. The van der Waals surface area contributed by atoms with E-state index < -0.39 is 28.4 Å². The van der Waals surface area contributed by atoms with Crippen LogP contribution in [0.5, 0.6) is 0 Å². The van der Waals surface area contributed by atoms with Gasteiger partial charge in [-0.2, -0.15) is 13.2 Å². The molecule has 0 aromatic heterocycles. The monoisotopic (exact) mass is 385 g/mol. The number of alkyl halides is 3. The lowest BCUT2D eigenvalue weighted by Gasteiger charge is -2.12. The predicted molar refractivity (Wildman–Crippen MR) is 79.6 cm³/mol. The molecule has 21 heavy (non-hydrogen) atoms. The van der Waals surface area contributed by atoms with Gasteiger partial charge in [0.15, 0.2) is 0 Å². The third-order valence-corrected chi connectivity index (χ3v) is 5.00. The molecule has 0 bridgehead atoms. The molecular formula is C13H15BrF3NO2S. The SMILES string of the molecule is CC(CCNC(=O)c1cc(C(F)(F)F)ccc1Br)S(C)=O. The van der Waals surface area contributed by atoms with Crippen molar-refractivity contribution in [1.29, 1.82) is 0 Å². The predicted octanol–water partition coefficient (Wildman–Crippen LogP) is 3.35. The van der Waals surface area contributed by atoms with E-state index in [1.807, 2.05) is 0 Å². The second-order valence-corrected chi connectivity index (χ2v) is 7.20. The van der Waals surface area contributed by atoms with Gasteiger partial charge in [-0.15, -0.1) is 0 Å². The summed E-state index contributed by atoms with van der Waals surface area (Å²) in [6.07, 6.45) is -2.44. The highest BCUT2D eigenvalue weighted by molar-refractivity contribution is 9.10. The molecule has 0 aliphatic rings. The quantitative estimate of drug-likeness (QED) is 0.844. The van der Waals surface area contributed by atoms with E-state index in [1.54, 1.807) is 13.2 Å². The largest absolute Gasteiger partial charge is 0.416 e. The van der Waals surface area contributed by atoms with Gasteiger partial charge in [-0.3, -0.25) is 9.00 Å². The van der Waals surface area contributed by atoms with Crippen molar-refractivity contribution in [3.8, 4) is 0 Å². The molecule has 0 saturated carbocycles. The Morgan fingerprint density at radius 2 is 2.05 bits per heavy atom. The molecule has 1 aromatic carbocycles. The van der Waals surface area contributed by atoms with Gasteiger partial charge in [0, 0.05) is 33.3 Å². The van der Waals surface area contributed by atoms with Crippen LogP contribution >= 0.6 is 15.9 Å². The number of amides is 1. The lowest BCUT2D eigenvalue weighted by molar-refractivity contribution is -0.137. The lowest BCUT2D eigenvalue weighted by Crippen LogP contribution is -2.28. The van der Waals surface area contributed by atoms with Gasteiger partial charge in [0.2, 0.25) is 0 Å². The van der Waals surface area contributed by atoms with Gasteiger partial charge in [-0.25, -0.2) is 0 Å². The van der Waals surface area contributed by atoms with Crippen LogP contribution in [0.2, 0.25) is 0 Å². The highest BCUT2D eigenvalue weighted by Crippen LogP contribution is 2.31. The summed E-state index contributed by atoms with van der Waals surface area (Å²) < 4.78 is 49.3. The minimum absolute atomic E-state index is 0.0740. The average molecular weight is 386 g/mol. The van der Waals surface area contributed by atoms with Gasteiger partial charge in [0.1, 0.15) is 0 Å². The van der Waals surface area contributed by atoms with Crippen LogP contribution in [0.1, 0.15) is 29.3 Å². The number of carbonyl (C=O) groups excluding carboxylic acids is 1. The van der Waals surface area contributed by atoms with E-state index in [-0.39, 0.29) is 17.4 Å². The van der Waals surface area contributed by atoms with Crippen molar-refractivity contribution in [2.24, 2.45) is 0 Å². The molecule has 2 unspecified atom stereocenters. The zero-order valence-electron chi connectivity index (χ0n) is 11.5. The molecule has 0 saturated heterocycles. The van der Waals surface area contributed by atoms with Gasteiger partial charge < -0.3 is 5.32 Å². The van der Waals surface area contributed by atoms with Crippen molar-refractivity contribution >= 4 is 32.6 Å². The first kappa shape index (κ1) is 18.2. The number of rotatable bonds is 5. The van der Waals surface area contributed by atoms with Gasteiger partial charge in [-0.1, -0.05) is 6.92 Å². The minimum atomic E-state index is -4.50. The molecule has 1 N–H and O–H groups in total. The van der Waals surface area contributed by atoms with E-state index in [9.17, 15) is 22.2 Å². The maximum atomic E-state index is 12.6. The Morgan fingerprint density at radius 3 is 2.57 bits per heavy atom. The van der Waals surface area contributed by atoms with E-state index in [0.717, 1.165) is 12.1 Å². The second kappa shape index (κ2) is 7.40. The molecule has 118 valence electrons. The summed E-state index contributed by atoms with van der Waals surface area (Å²) in [5, 5.41) is 2.45. The van der Waals surface area contributed by atoms with Crippen LogP contribution in [-0.2, 0) is 17.0 Å². The van der Waals surface area contributed by atoms with Crippen LogP contribution in [-0.4, -0.2) is 28.2 Å². The van der Waals surface area contributed by atoms with Gasteiger partial charge in [0.05, 0.1) is 11.1 Å². The van der Waals surface area contributed by atoms with Crippen molar-refractivity contribution in [3.05, 3.63) is 33.8 Å². The summed E-state index contributed by atoms with van der Waals surface area (Å²) in [5.41, 5.74) is -0.950. The molecule has 0 aliphatic carbocycles. The molecule has 1 amide bonds. The number of nitrogens with one attached hydrogen (secondary N) is 1. The summed E-state index contributed by atoms with van der Waals surface area (Å²) in [4.78, 5) is 11.9. The number of benzene rings is 1. The first-order valence-corrected chi connectivity index (χ1v) is 8.51. The van der Waals surface area contributed by atoms with Crippen LogP contribution in [0.3, 0.4) is 0 Å². The van der Waals surface area contributed by atoms with Crippen molar-refractivity contribution in [2.45, 2.75) is 24.8 Å². The molecule has 8 heteroatoms. The maximum Gasteiger partial charge on any atom is 0.416 e. The van der Waals surface area contributed by atoms with Gasteiger partial charge in [-0.05, 0) is 40.5 Å². The summed E-state index contributed by atoms with van der Waals surface area (Å²) in [6, 6.07) is 2.91. The number of hydrogen-bond donors (Lipinski definition) is 1. The summed E-state index contributed by atoms with van der Waals surface area (Å²) in [7, 11) is -0.999. The zero-order valence-corrected chi connectivity index (χ0v) is 13.9. The summed E-state index contributed by atoms with van der Waals surface area (Å²) in [6.45, 7) is 2.03. The molecule has 0 fully saturated rings. The Labute approximate surface area is 131 Å². The molecule has 2 atom stereocenters. The van der Waals surface area contributed by atoms with Crippen molar-refractivity contribution in [3.63, 3.8) is 0 Å². The van der Waals surface area contributed by atoms with Crippen molar-refractivity contribution < 1.29 is 22.2 Å². The number of hydrogen-bond acceptors (Lipinski definition) is 2. The van der Waals surface area contributed by atoms with Gasteiger partial charge in [0.25, 0.3) is 5.91 Å². The van der Waals surface area contributed by atoms with Crippen LogP contribution in [0.15, 0.2) is 22.7 Å². The molecular weight excluding hydrogens is 371 g/mol. The van der Waals surface area contributed by atoms with Crippen molar-refractivity contribution in [2.75, 3.05) is 12.8 Å². The average Bonchev–Trinajstić information content (AvgIpc) is 2.37. The smallest absolute Gasteiger partial charge is 0.352 e. The zero-order chi connectivity index (χ0) is 16.2. The molecule has 0 spiro atoms. The number of halogens is 4. The Bertz CT molecular complexity index is 549. The fourth-order valence-corrected chi connectivity index (χ4v) is 2.40. The Kier molecular flexibility index (Phi) is 6.40. The summed E-state index contributed by atoms with van der Waals surface area (Å²) in [5.74, 6) is -0.595. The first-order valence-electron chi connectivity index (χ1n) is 6.10. The van der Waals surface area contributed by atoms with E-state index in [2.05, 4.69) is 21.2 Å². The lowest BCUT2D eigenvalue weighted by atomic mass is 10.1. The molecule has 1 aromatic rings. The van der Waals surface area contributed by atoms with Crippen molar-refractivity contribution in [1.82, 2.24) is 5.32 Å². The topological polar surface area (TPSA) is 46.2 Å². The normalized spacial score (nSPS) is 14.6. The van der Waals surface area contributed by atoms with Gasteiger partial charge >= 0.3 is 6.18 Å². The third-order valence-electron chi connectivity index (χ3n) is 2.94. The highest BCUT2D eigenvalue weighted by atomic mass is 79.9. The Balaban J connectivity index is 2.76. The molecule has 0 aliphatic heterocycles. The van der Waals surface area contributed by atoms with E-state index in [4.69, 9.17) is 0 Å². The standard InChI is InChI=1S/C13H15BrF3NO2S/c1-8(21(2)20)5-6-18-12(19)10-7-9(13(15,16)17)3-4-11(10)14/h3-4,7-8H,5-6H2,1-2H3,(H,18,19). The van der Waals surface area contributed by atoms with E-state index >= 15 is 0 Å². The van der Waals surface area contributed by atoms with E-state index in [0.29, 0.717) is 10.9 Å². The van der Waals surface area contributed by atoms with Crippen LogP contribution in [0, 0.1) is 0 Å². The Morgan fingerprint density at radius 1 is 1.43 bits per heavy atom. The molecule has 1 rings (SSSR count). The van der Waals surface area contributed by atoms with E-state index in [1.165, 1.54) is 6.07 Å². The maximum absolute atomic E-state index is 12.6. The number of carbonyl (C=O) groups is 1.